The summed E-state index contributed by atoms with van der Waals surface area (Å²) in [4.78, 5) is 24.9. The van der Waals surface area contributed by atoms with Gasteiger partial charge in [-0.2, -0.15) is 0 Å². The van der Waals surface area contributed by atoms with Gasteiger partial charge in [-0.25, -0.2) is 4.79 Å². The molecule has 5 nitrogen and oxygen atoms in total. The van der Waals surface area contributed by atoms with E-state index in [1.54, 1.807) is 0 Å². The average molecular weight is 296 g/mol. The number of hydrogen-bond donors (Lipinski definition) is 2. The minimum absolute atomic E-state index is 0.0350. The largest absolute Gasteiger partial charge is 0.481 e. The summed E-state index contributed by atoms with van der Waals surface area (Å²) in [5.74, 6) is -0.409. The first-order valence-corrected chi connectivity index (χ1v) is 8.16. The maximum absolute atomic E-state index is 12.4. The lowest BCUT2D eigenvalue weighted by Gasteiger charge is -2.39. The number of nitrogens with one attached hydrogen (secondary N) is 1. The molecule has 120 valence electrons. The molecule has 1 heterocycles. The van der Waals surface area contributed by atoms with E-state index in [4.69, 9.17) is 5.11 Å². The van der Waals surface area contributed by atoms with Crippen molar-refractivity contribution in [2.24, 2.45) is 11.3 Å². The molecule has 5 heteroatoms. The SMILES string of the molecule is CC1(C)CCCCC1NC(=O)N1CCC(CCC(=O)O)C1. The highest BCUT2D eigenvalue weighted by Crippen LogP contribution is 2.35. The molecule has 0 radical (unpaired) electrons. The maximum Gasteiger partial charge on any atom is 0.317 e. The molecule has 1 aliphatic carbocycles. The van der Waals surface area contributed by atoms with E-state index in [0.717, 1.165) is 19.4 Å². The fraction of sp³-hybridized carbons (Fsp3) is 0.875. The summed E-state index contributed by atoms with van der Waals surface area (Å²) in [5, 5.41) is 11.9. The number of amides is 2. The van der Waals surface area contributed by atoms with Crippen LogP contribution >= 0.6 is 0 Å². The molecule has 0 aromatic rings. The second kappa shape index (κ2) is 6.67. The molecule has 2 rings (SSSR count). The molecule has 2 N–H and O–H groups in total. The summed E-state index contributed by atoms with van der Waals surface area (Å²) < 4.78 is 0. The Morgan fingerprint density at radius 1 is 1.29 bits per heavy atom. The van der Waals surface area contributed by atoms with Crippen LogP contribution in [-0.4, -0.2) is 41.1 Å². The van der Waals surface area contributed by atoms with Crippen molar-refractivity contribution >= 4 is 12.0 Å². The van der Waals surface area contributed by atoms with Crippen LogP contribution in [0.5, 0.6) is 0 Å². The monoisotopic (exact) mass is 296 g/mol. The number of rotatable bonds is 4. The first kappa shape index (κ1) is 16.1. The average Bonchev–Trinajstić information content (AvgIpc) is 2.87. The van der Waals surface area contributed by atoms with Gasteiger partial charge in [0.05, 0.1) is 0 Å². The van der Waals surface area contributed by atoms with Gasteiger partial charge in [0, 0.05) is 25.6 Å². The van der Waals surface area contributed by atoms with Crippen molar-refractivity contribution in [3.8, 4) is 0 Å². The van der Waals surface area contributed by atoms with Crippen LogP contribution in [0.2, 0.25) is 0 Å². The Hall–Kier alpha value is -1.26. The second-order valence-corrected chi connectivity index (χ2v) is 7.27. The highest BCUT2D eigenvalue weighted by atomic mass is 16.4. The zero-order valence-corrected chi connectivity index (χ0v) is 13.2. The molecule has 21 heavy (non-hydrogen) atoms. The van der Waals surface area contributed by atoms with Crippen LogP contribution in [0.15, 0.2) is 0 Å². The van der Waals surface area contributed by atoms with Gasteiger partial charge < -0.3 is 15.3 Å². The first-order chi connectivity index (χ1) is 9.88. The third kappa shape index (κ3) is 4.35. The van der Waals surface area contributed by atoms with Crippen molar-refractivity contribution in [2.45, 2.75) is 64.8 Å². The molecule has 2 aliphatic rings. The maximum atomic E-state index is 12.4. The van der Waals surface area contributed by atoms with Gasteiger partial charge >= 0.3 is 12.0 Å². The van der Waals surface area contributed by atoms with Crippen LogP contribution in [-0.2, 0) is 4.79 Å². The molecule has 0 spiro atoms. The zero-order valence-electron chi connectivity index (χ0n) is 13.2. The summed E-state index contributed by atoms with van der Waals surface area (Å²) in [6.07, 6.45) is 6.47. The van der Waals surface area contributed by atoms with Crippen LogP contribution in [0.3, 0.4) is 0 Å². The molecule has 0 bridgehead atoms. The van der Waals surface area contributed by atoms with E-state index < -0.39 is 5.97 Å². The van der Waals surface area contributed by atoms with E-state index in [1.165, 1.54) is 19.3 Å². The number of carbonyl (C=O) groups is 2. The fourth-order valence-electron chi connectivity index (χ4n) is 3.58. The Balaban J connectivity index is 1.80. The minimum Gasteiger partial charge on any atom is -0.481 e. The number of carboxylic acid groups (broad SMARTS) is 1. The van der Waals surface area contributed by atoms with Gasteiger partial charge in [-0.1, -0.05) is 26.7 Å². The third-order valence-electron chi connectivity index (χ3n) is 5.14. The summed E-state index contributed by atoms with van der Waals surface area (Å²) in [6.45, 7) is 5.92. The lowest BCUT2D eigenvalue weighted by Crippen LogP contribution is -2.51. The molecular formula is C16H28N2O3. The second-order valence-electron chi connectivity index (χ2n) is 7.27. The molecule has 1 saturated heterocycles. The molecule has 2 amide bonds. The molecule has 2 atom stereocenters. The summed E-state index contributed by atoms with van der Waals surface area (Å²) in [5.41, 5.74) is 0.177. The number of carbonyl (C=O) groups excluding carboxylic acids is 1. The highest BCUT2D eigenvalue weighted by molar-refractivity contribution is 5.75. The van der Waals surface area contributed by atoms with Gasteiger partial charge in [-0.05, 0) is 37.0 Å². The highest BCUT2D eigenvalue weighted by Gasteiger charge is 2.35. The molecular weight excluding hydrogens is 268 g/mol. The Kier molecular flexibility index (Phi) is 5.12. The number of likely N-dealkylation sites (tertiary alicyclic amines) is 1. The van der Waals surface area contributed by atoms with E-state index >= 15 is 0 Å². The van der Waals surface area contributed by atoms with Gasteiger partial charge in [-0.3, -0.25) is 4.79 Å². The molecule has 1 aliphatic heterocycles. The summed E-state index contributed by atoms with van der Waals surface area (Å²) in [6, 6.07) is 0.296. The normalized spacial score (nSPS) is 28.4. The van der Waals surface area contributed by atoms with Crippen LogP contribution < -0.4 is 5.32 Å². The number of nitrogens with zero attached hydrogens (tertiary/aromatic N) is 1. The fourth-order valence-corrected chi connectivity index (χ4v) is 3.58. The molecule has 2 fully saturated rings. The number of carboxylic acids is 1. The Labute approximate surface area is 127 Å². The predicted molar refractivity (Wildman–Crippen MR) is 81.1 cm³/mol. The lowest BCUT2D eigenvalue weighted by molar-refractivity contribution is -0.137. The summed E-state index contributed by atoms with van der Waals surface area (Å²) in [7, 11) is 0. The number of hydrogen-bond acceptors (Lipinski definition) is 2. The molecule has 0 aromatic heterocycles. The standard InChI is InChI=1S/C16H28N2O3/c1-16(2)9-4-3-5-13(16)17-15(21)18-10-8-12(11-18)6-7-14(19)20/h12-13H,3-11H2,1-2H3,(H,17,21)(H,19,20). The molecule has 2 unspecified atom stereocenters. The van der Waals surface area contributed by atoms with Crippen molar-refractivity contribution in [2.75, 3.05) is 13.1 Å². The number of aliphatic carboxylic acids is 1. The van der Waals surface area contributed by atoms with Crippen molar-refractivity contribution in [3.63, 3.8) is 0 Å². The van der Waals surface area contributed by atoms with Gasteiger partial charge in [0.15, 0.2) is 0 Å². The zero-order chi connectivity index (χ0) is 15.5. The third-order valence-corrected chi connectivity index (χ3v) is 5.14. The van der Waals surface area contributed by atoms with Crippen LogP contribution in [0.25, 0.3) is 0 Å². The van der Waals surface area contributed by atoms with Gasteiger partial charge in [0.25, 0.3) is 0 Å². The molecule has 0 aromatic carbocycles. The minimum atomic E-state index is -0.748. The van der Waals surface area contributed by atoms with Crippen molar-refractivity contribution in [3.05, 3.63) is 0 Å². The first-order valence-electron chi connectivity index (χ1n) is 8.16. The Morgan fingerprint density at radius 2 is 2.05 bits per heavy atom. The predicted octanol–water partition coefficient (Wildman–Crippen LogP) is 2.85. The van der Waals surface area contributed by atoms with E-state index in [1.807, 2.05) is 4.90 Å². The van der Waals surface area contributed by atoms with Crippen molar-refractivity contribution in [1.82, 2.24) is 10.2 Å². The van der Waals surface area contributed by atoms with Gasteiger partial charge in [-0.15, -0.1) is 0 Å². The van der Waals surface area contributed by atoms with Crippen molar-refractivity contribution in [1.29, 1.82) is 0 Å². The smallest absolute Gasteiger partial charge is 0.317 e. The van der Waals surface area contributed by atoms with E-state index in [2.05, 4.69) is 19.2 Å². The Morgan fingerprint density at radius 3 is 2.71 bits per heavy atom. The topological polar surface area (TPSA) is 69.6 Å². The van der Waals surface area contributed by atoms with Gasteiger partial charge in [0.1, 0.15) is 0 Å². The van der Waals surface area contributed by atoms with E-state index in [0.29, 0.717) is 18.9 Å². The molecule has 1 saturated carbocycles. The van der Waals surface area contributed by atoms with Crippen LogP contribution in [0, 0.1) is 11.3 Å². The van der Waals surface area contributed by atoms with Crippen molar-refractivity contribution < 1.29 is 14.7 Å². The number of urea groups is 1. The van der Waals surface area contributed by atoms with Crippen LogP contribution in [0.1, 0.15) is 58.8 Å². The van der Waals surface area contributed by atoms with E-state index in [-0.39, 0.29) is 23.9 Å². The summed E-state index contributed by atoms with van der Waals surface area (Å²) >= 11 is 0. The quantitative estimate of drug-likeness (QED) is 0.838. The lowest BCUT2D eigenvalue weighted by atomic mass is 9.73. The van der Waals surface area contributed by atoms with Gasteiger partial charge in [0.2, 0.25) is 0 Å². The Bertz CT molecular complexity index is 395. The van der Waals surface area contributed by atoms with E-state index in [9.17, 15) is 9.59 Å². The van der Waals surface area contributed by atoms with Crippen LogP contribution in [0.4, 0.5) is 4.79 Å².